The second-order valence-electron chi connectivity index (χ2n) is 5.02. The zero-order valence-electron chi connectivity index (χ0n) is 11.8. The molecule has 1 N–H and O–H groups in total. The van der Waals surface area contributed by atoms with E-state index in [4.69, 9.17) is 0 Å². The van der Waals surface area contributed by atoms with Crippen LogP contribution in [0.5, 0.6) is 0 Å². The van der Waals surface area contributed by atoms with Crippen LogP contribution in [-0.2, 0) is 13.5 Å². The highest BCUT2D eigenvalue weighted by Crippen LogP contribution is 2.31. The molecule has 0 aliphatic heterocycles. The number of benzene rings is 1. The highest BCUT2D eigenvalue weighted by atomic mass is 32.1. The maximum atomic E-state index is 4.40. The van der Waals surface area contributed by atoms with Crippen molar-refractivity contribution >= 4 is 21.4 Å². The number of hydrogen-bond donors (Lipinski definition) is 1. The Morgan fingerprint density at radius 1 is 1.35 bits per heavy atom. The first kappa shape index (κ1) is 13.3. The molecule has 0 radical (unpaired) electrons. The van der Waals surface area contributed by atoms with E-state index in [-0.39, 0.29) is 0 Å². The lowest BCUT2D eigenvalue weighted by Gasteiger charge is -2.15. The Hall–Kier alpha value is -1.65. The van der Waals surface area contributed by atoms with Gasteiger partial charge in [0.15, 0.2) is 0 Å². The third-order valence-corrected chi connectivity index (χ3v) is 4.79. The molecule has 3 nitrogen and oxygen atoms in total. The minimum atomic E-state index is 0.378. The van der Waals surface area contributed by atoms with E-state index in [1.807, 2.05) is 30.8 Å². The van der Waals surface area contributed by atoms with E-state index in [1.165, 1.54) is 15.6 Å². The van der Waals surface area contributed by atoms with Gasteiger partial charge in [-0.1, -0.05) is 18.2 Å². The van der Waals surface area contributed by atoms with Gasteiger partial charge in [-0.2, -0.15) is 0 Å². The summed E-state index contributed by atoms with van der Waals surface area (Å²) >= 11 is 1.82. The van der Waals surface area contributed by atoms with Crippen molar-refractivity contribution in [3.63, 3.8) is 0 Å². The fourth-order valence-electron chi connectivity index (χ4n) is 2.63. The second kappa shape index (κ2) is 5.77. The van der Waals surface area contributed by atoms with E-state index in [0.29, 0.717) is 6.04 Å². The second-order valence-corrected chi connectivity index (χ2v) is 5.93. The molecular formula is C16H19N3S. The molecule has 20 heavy (non-hydrogen) atoms. The van der Waals surface area contributed by atoms with Gasteiger partial charge in [-0.05, 0) is 35.9 Å². The van der Waals surface area contributed by atoms with Crippen LogP contribution in [0.25, 0.3) is 10.1 Å². The van der Waals surface area contributed by atoms with Crippen molar-refractivity contribution in [2.75, 3.05) is 7.05 Å². The van der Waals surface area contributed by atoms with Crippen molar-refractivity contribution in [2.45, 2.75) is 18.9 Å². The quantitative estimate of drug-likeness (QED) is 0.777. The molecule has 0 aliphatic rings. The largest absolute Gasteiger partial charge is 0.338 e. The Kier molecular flexibility index (Phi) is 3.85. The zero-order chi connectivity index (χ0) is 13.9. The summed E-state index contributed by atoms with van der Waals surface area (Å²) in [5.74, 6) is 1.14. The summed E-state index contributed by atoms with van der Waals surface area (Å²) in [4.78, 5) is 4.40. The molecule has 1 unspecified atom stereocenters. The third-order valence-electron chi connectivity index (χ3n) is 3.81. The summed E-state index contributed by atoms with van der Waals surface area (Å²) in [5, 5.41) is 7.10. The molecule has 104 valence electrons. The van der Waals surface area contributed by atoms with E-state index < -0.39 is 0 Å². The maximum absolute atomic E-state index is 4.40. The van der Waals surface area contributed by atoms with Gasteiger partial charge in [-0.3, -0.25) is 0 Å². The smallest absolute Gasteiger partial charge is 0.108 e. The average Bonchev–Trinajstić information content (AvgIpc) is 3.07. The van der Waals surface area contributed by atoms with Gasteiger partial charge in [0.25, 0.3) is 0 Å². The Morgan fingerprint density at radius 3 is 2.95 bits per heavy atom. The van der Waals surface area contributed by atoms with Crippen LogP contribution in [0.1, 0.15) is 23.9 Å². The van der Waals surface area contributed by atoms with Crippen LogP contribution < -0.4 is 5.32 Å². The van der Waals surface area contributed by atoms with E-state index in [2.05, 4.69) is 51.6 Å². The number of nitrogens with one attached hydrogen (secondary N) is 1. The van der Waals surface area contributed by atoms with Crippen LogP contribution in [0.4, 0.5) is 0 Å². The van der Waals surface area contributed by atoms with Gasteiger partial charge in [-0.25, -0.2) is 4.98 Å². The first-order chi connectivity index (χ1) is 9.79. The Labute approximate surface area is 123 Å². The number of nitrogens with zero attached hydrogens (tertiary/aromatic N) is 2. The summed E-state index contributed by atoms with van der Waals surface area (Å²) in [7, 11) is 4.09. The summed E-state index contributed by atoms with van der Waals surface area (Å²) in [6.45, 7) is 0. The fraction of sp³-hybridized carbons (Fsp3) is 0.312. The van der Waals surface area contributed by atoms with Crippen LogP contribution in [0.15, 0.2) is 42.0 Å². The molecule has 0 amide bonds. The van der Waals surface area contributed by atoms with Crippen molar-refractivity contribution in [3.05, 3.63) is 53.4 Å². The molecule has 4 heteroatoms. The molecule has 3 rings (SSSR count). The molecule has 2 heterocycles. The van der Waals surface area contributed by atoms with Crippen molar-refractivity contribution in [1.29, 1.82) is 0 Å². The molecule has 3 aromatic rings. The molecule has 1 atom stereocenters. The lowest BCUT2D eigenvalue weighted by molar-refractivity contribution is 0.540. The minimum Gasteiger partial charge on any atom is -0.338 e. The number of imidazole rings is 1. The molecule has 0 saturated heterocycles. The Bertz CT molecular complexity index is 698. The summed E-state index contributed by atoms with van der Waals surface area (Å²) in [5.41, 5.74) is 1.40. The van der Waals surface area contributed by atoms with E-state index in [9.17, 15) is 0 Å². The SMILES string of the molecule is CNC(CCc1nccn1C)c1csc2ccccc12. The van der Waals surface area contributed by atoms with Gasteiger partial charge in [-0.15, -0.1) is 11.3 Å². The molecule has 1 aromatic carbocycles. The average molecular weight is 285 g/mol. The molecule has 0 spiro atoms. The monoisotopic (exact) mass is 285 g/mol. The molecule has 0 aliphatic carbocycles. The number of thiophene rings is 1. The van der Waals surface area contributed by atoms with Gasteiger partial charge in [0, 0.05) is 36.6 Å². The molecule has 0 bridgehead atoms. The number of aryl methyl sites for hydroxylation is 2. The fourth-order valence-corrected chi connectivity index (χ4v) is 3.65. The van der Waals surface area contributed by atoms with E-state index in [0.717, 1.165) is 18.7 Å². The Morgan fingerprint density at radius 2 is 2.20 bits per heavy atom. The summed E-state index contributed by atoms with van der Waals surface area (Å²) in [6.07, 6.45) is 5.91. The predicted octanol–water partition coefficient (Wildman–Crippen LogP) is 3.53. The molecule has 0 saturated carbocycles. The van der Waals surface area contributed by atoms with Gasteiger partial charge < -0.3 is 9.88 Å². The highest BCUT2D eigenvalue weighted by molar-refractivity contribution is 7.17. The van der Waals surface area contributed by atoms with Crippen molar-refractivity contribution in [3.8, 4) is 0 Å². The number of aromatic nitrogens is 2. The van der Waals surface area contributed by atoms with E-state index in [1.54, 1.807) is 0 Å². The van der Waals surface area contributed by atoms with Crippen LogP contribution in [0.2, 0.25) is 0 Å². The van der Waals surface area contributed by atoms with Crippen LogP contribution in [0.3, 0.4) is 0 Å². The van der Waals surface area contributed by atoms with Gasteiger partial charge in [0.05, 0.1) is 0 Å². The molecular weight excluding hydrogens is 266 g/mol. The first-order valence-electron chi connectivity index (χ1n) is 6.89. The van der Waals surface area contributed by atoms with Crippen LogP contribution in [-0.4, -0.2) is 16.6 Å². The minimum absolute atomic E-state index is 0.378. The summed E-state index contributed by atoms with van der Waals surface area (Å²) in [6, 6.07) is 9.00. The van der Waals surface area contributed by atoms with Crippen LogP contribution >= 0.6 is 11.3 Å². The zero-order valence-corrected chi connectivity index (χ0v) is 12.7. The standard InChI is InChI=1S/C16H19N3S/c1-17-14(7-8-16-18-9-10-19(16)2)13-11-20-15-6-4-3-5-12(13)15/h3-6,9-11,14,17H,7-8H2,1-2H3. The summed E-state index contributed by atoms with van der Waals surface area (Å²) < 4.78 is 3.46. The van der Waals surface area contributed by atoms with Crippen molar-refractivity contribution in [2.24, 2.45) is 7.05 Å². The number of rotatable bonds is 5. The topological polar surface area (TPSA) is 29.9 Å². The number of fused-ring (bicyclic) bond motifs is 1. The lowest BCUT2D eigenvalue weighted by atomic mass is 10.0. The van der Waals surface area contributed by atoms with Crippen LogP contribution in [0, 0.1) is 0 Å². The van der Waals surface area contributed by atoms with Gasteiger partial charge in [0.2, 0.25) is 0 Å². The Balaban J connectivity index is 1.81. The van der Waals surface area contributed by atoms with Crippen molar-refractivity contribution < 1.29 is 0 Å². The molecule has 0 fully saturated rings. The van der Waals surface area contributed by atoms with Gasteiger partial charge in [0.1, 0.15) is 5.82 Å². The van der Waals surface area contributed by atoms with Crippen molar-refractivity contribution in [1.82, 2.24) is 14.9 Å². The third kappa shape index (κ3) is 2.49. The molecule has 2 aromatic heterocycles. The normalized spacial score (nSPS) is 12.9. The maximum Gasteiger partial charge on any atom is 0.108 e. The number of hydrogen-bond acceptors (Lipinski definition) is 3. The van der Waals surface area contributed by atoms with Gasteiger partial charge >= 0.3 is 0 Å². The first-order valence-corrected chi connectivity index (χ1v) is 7.77. The van der Waals surface area contributed by atoms with E-state index >= 15 is 0 Å². The predicted molar refractivity (Wildman–Crippen MR) is 85.2 cm³/mol. The highest BCUT2D eigenvalue weighted by Gasteiger charge is 2.14. The lowest BCUT2D eigenvalue weighted by Crippen LogP contribution is -2.17.